The average Bonchev–Trinajstić information content (AvgIpc) is 2.49. The minimum absolute atomic E-state index is 0.125. The first-order valence-electron chi connectivity index (χ1n) is 7.55. The van der Waals surface area contributed by atoms with Gasteiger partial charge in [0.25, 0.3) is 0 Å². The van der Waals surface area contributed by atoms with Crippen LogP contribution in [0, 0.1) is 5.92 Å². The van der Waals surface area contributed by atoms with E-state index < -0.39 is 0 Å². The molecule has 0 aliphatic heterocycles. The Kier molecular flexibility index (Phi) is 5.71. The van der Waals surface area contributed by atoms with E-state index >= 15 is 0 Å². The van der Waals surface area contributed by atoms with Crippen molar-refractivity contribution in [3.05, 3.63) is 24.3 Å². The number of amides is 2. The molecule has 1 saturated carbocycles. The first kappa shape index (κ1) is 14.7. The molecular weight excluding hydrogens is 252 g/mol. The molecule has 0 unspecified atom stereocenters. The molecule has 4 heteroatoms. The molecule has 0 aromatic heterocycles. The Labute approximate surface area is 120 Å². The maximum atomic E-state index is 11.8. The lowest BCUT2D eigenvalue weighted by Crippen LogP contribution is -2.33. The number of carbonyl (C=O) groups excluding carboxylic acids is 1. The highest BCUT2D eigenvalue weighted by Crippen LogP contribution is 2.22. The third kappa shape index (κ3) is 4.76. The largest absolute Gasteiger partial charge is 0.494 e. The van der Waals surface area contributed by atoms with Crippen LogP contribution in [0.2, 0.25) is 0 Å². The van der Waals surface area contributed by atoms with Gasteiger partial charge in [0.1, 0.15) is 5.75 Å². The fraction of sp³-hybridized carbons (Fsp3) is 0.562. The van der Waals surface area contributed by atoms with Gasteiger partial charge in [0.2, 0.25) is 0 Å². The number of carbonyl (C=O) groups is 1. The molecule has 2 amide bonds. The molecule has 2 N–H and O–H groups in total. The van der Waals surface area contributed by atoms with Crippen molar-refractivity contribution in [1.82, 2.24) is 5.32 Å². The molecule has 0 radical (unpaired) electrons. The molecule has 0 bridgehead atoms. The Bertz CT molecular complexity index is 411. The highest BCUT2D eigenvalue weighted by atomic mass is 16.5. The van der Waals surface area contributed by atoms with E-state index in [1.54, 1.807) is 0 Å². The van der Waals surface area contributed by atoms with Gasteiger partial charge in [-0.15, -0.1) is 0 Å². The van der Waals surface area contributed by atoms with Gasteiger partial charge in [-0.1, -0.05) is 19.3 Å². The van der Waals surface area contributed by atoms with Gasteiger partial charge in [-0.2, -0.15) is 0 Å². The molecular formula is C16H24N2O2. The predicted octanol–water partition coefficient (Wildman–Crippen LogP) is 3.79. The van der Waals surface area contributed by atoms with E-state index in [-0.39, 0.29) is 6.03 Å². The average molecular weight is 276 g/mol. The van der Waals surface area contributed by atoms with Crippen LogP contribution in [0.5, 0.6) is 5.75 Å². The van der Waals surface area contributed by atoms with E-state index in [1.807, 2.05) is 31.2 Å². The van der Waals surface area contributed by atoms with Gasteiger partial charge in [-0.05, 0) is 49.9 Å². The van der Waals surface area contributed by atoms with Gasteiger partial charge < -0.3 is 15.4 Å². The van der Waals surface area contributed by atoms with Crippen molar-refractivity contribution in [2.75, 3.05) is 18.5 Å². The van der Waals surface area contributed by atoms with Gasteiger partial charge in [-0.3, -0.25) is 0 Å². The molecule has 0 saturated heterocycles. The van der Waals surface area contributed by atoms with E-state index in [1.165, 1.54) is 32.1 Å². The standard InChI is InChI=1S/C16H24N2O2/c1-2-20-15-10-8-14(9-11-15)18-16(19)17-12-13-6-4-3-5-7-13/h8-11,13H,2-7,12H2,1H3,(H2,17,18,19). The van der Waals surface area contributed by atoms with E-state index in [9.17, 15) is 4.79 Å². The molecule has 0 heterocycles. The number of hydrogen-bond donors (Lipinski definition) is 2. The fourth-order valence-electron chi connectivity index (χ4n) is 2.60. The minimum atomic E-state index is -0.125. The zero-order chi connectivity index (χ0) is 14.2. The zero-order valence-corrected chi connectivity index (χ0v) is 12.2. The monoisotopic (exact) mass is 276 g/mol. The lowest BCUT2D eigenvalue weighted by molar-refractivity contribution is 0.247. The van der Waals surface area contributed by atoms with Gasteiger partial charge >= 0.3 is 6.03 Å². The van der Waals surface area contributed by atoms with Gasteiger partial charge in [-0.25, -0.2) is 4.79 Å². The van der Waals surface area contributed by atoms with Crippen molar-refractivity contribution in [3.63, 3.8) is 0 Å². The summed E-state index contributed by atoms with van der Waals surface area (Å²) in [5, 5.41) is 5.80. The first-order chi connectivity index (χ1) is 9.78. The summed E-state index contributed by atoms with van der Waals surface area (Å²) in [5.74, 6) is 1.47. The Morgan fingerprint density at radius 2 is 1.90 bits per heavy atom. The Morgan fingerprint density at radius 1 is 1.20 bits per heavy atom. The third-order valence-corrected chi connectivity index (χ3v) is 3.70. The van der Waals surface area contributed by atoms with Gasteiger partial charge in [0.15, 0.2) is 0 Å². The number of anilines is 1. The number of benzene rings is 1. The first-order valence-corrected chi connectivity index (χ1v) is 7.55. The summed E-state index contributed by atoms with van der Waals surface area (Å²) in [4.78, 5) is 11.8. The molecule has 1 fully saturated rings. The number of nitrogens with one attached hydrogen (secondary N) is 2. The lowest BCUT2D eigenvalue weighted by Gasteiger charge is -2.21. The molecule has 1 aromatic rings. The van der Waals surface area contributed by atoms with Crippen LogP contribution in [0.3, 0.4) is 0 Å². The topological polar surface area (TPSA) is 50.4 Å². The van der Waals surface area contributed by atoms with Crippen molar-refractivity contribution >= 4 is 11.7 Å². The molecule has 1 aromatic carbocycles. The predicted molar refractivity (Wildman–Crippen MR) is 81.2 cm³/mol. The van der Waals surface area contributed by atoms with Crippen LogP contribution in [-0.4, -0.2) is 19.2 Å². The number of ether oxygens (including phenoxy) is 1. The van der Waals surface area contributed by atoms with Crippen molar-refractivity contribution in [3.8, 4) is 5.75 Å². The van der Waals surface area contributed by atoms with Crippen molar-refractivity contribution in [2.24, 2.45) is 5.92 Å². The van der Waals surface area contributed by atoms with Crippen LogP contribution in [0.25, 0.3) is 0 Å². The van der Waals surface area contributed by atoms with Crippen LogP contribution in [0.15, 0.2) is 24.3 Å². The summed E-state index contributed by atoms with van der Waals surface area (Å²) >= 11 is 0. The summed E-state index contributed by atoms with van der Waals surface area (Å²) in [6.45, 7) is 3.38. The smallest absolute Gasteiger partial charge is 0.319 e. The SMILES string of the molecule is CCOc1ccc(NC(=O)NCC2CCCCC2)cc1. The summed E-state index contributed by atoms with van der Waals surface area (Å²) in [5.41, 5.74) is 0.787. The maximum Gasteiger partial charge on any atom is 0.319 e. The molecule has 1 aliphatic carbocycles. The normalized spacial score (nSPS) is 15.7. The van der Waals surface area contributed by atoms with Crippen LogP contribution < -0.4 is 15.4 Å². The maximum absolute atomic E-state index is 11.8. The number of hydrogen-bond acceptors (Lipinski definition) is 2. The zero-order valence-electron chi connectivity index (χ0n) is 12.2. The van der Waals surface area contributed by atoms with E-state index in [4.69, 9.17) is 4.74 Å². The van der Waals surface area contributed by atoms with Crippen LogP contribution in [0.1, 0.15) is 39.0 Å². The summed E-state index contributed by atoms with van der Waals surface area (Å²) in [7, 11) is 0. The van der Waals surface area contributed by atoms with Gasteiger partial charge in [0, 0.05) is 12.2 Å². The molecule has 2 rings (SSSR count). The Balaban J connectivity index is 1.73. The van der Waals surface area contributed by atoms with Crippen LogP contribution in [-0.2, 0) is 0 Å². The molecule has 0 atom stereocenters. The van der Waals surface area contributed by atoms with Crippen LogP contribution >= 0.6 is 0 Å². The summed E-state index contributed by atoms with van der Waals surface area (Å²) < 4.78 is 5.36. The second kappa shape index (κ2) is 7.78. The fourth-order valence-corrected chi connectivity index (χ4v) is 2.60. The second-order valence-electron chi connectivity index (χ2n) is 5.30. The third-order valence-electron chi connectivity index (χ3n) is 3.70. The molecule has 4 nitrogen and oxygen atoms in total. The van der Waals surface area contributed by atoms with E-state index in [0.717, 1.165) is 18.0 Å². The van der Waals surface area contributed by atoms with Crippen molar-refractivity contribution in [2.45, 2.75) is 39.0 Å². The molecule has 1 aliphatic rings. The summed E-state index contributed by atoms with van der Waals surface area (Å²) in [6.07, 6.45) is 6.42. The van der Waals surface area contributed by atoms with Gasteiger partial charge in [0.05, 0.1) is 6.61 Å². The van der Waals surface area contributed by atoms with Crippen molar-refractivity contribution < 1.29 is 9.53 Å². The van der Waals surface area contributed by atoms with E-state index in [2.05, 4.69) is 10.6 Å². The minimum Gasteiger partial charge on any atom is -0.494 e. The number of urea groups is 1. The van der Waals surface area contributed by atoms with Crippen LogP contribution in [0.4, 0.5) is 10.5 Å². The molecule has 20 heavy (non-hydrogen) atoms. The quantitative estimate of drug-likeness (QED) is 0.859. The van der Waals surface area contributed by atoms with E-state index in [0.29, 0.717) is 12.5 Å². The van der Waals surface area contributed by atoms with Crippen molar-refractivity contribution in [1.29, 1.82) is 0 Å². The summed E-state index contributed by atoms with van der Waals surface area (Å²) in [6, 6.07) is 7.30. The highest BCUT2D eigenvalue weighted by Gasteiger charge is 2.14. The molecule has 0 spiro atoms. The highest BCUT2D eigenvalue weighted by molar-refractivity contribution is 5.89. The Morgan fingerprint density at radius 3 is 2.55 bits per heavy atom. The lowest BCUT2D eigenvalue weighted by atomic mass is 9.89. The second-order valence-corrected chi connectivity index (χ2v) is 5.30. The number of rotatable bonds is 5. The molecule has 110 valence electrons. The Hall–Kier alpha value is -1.71.